The number of rotatable bonds is 10. The molecule has 0 spiro atoms. The molecule has 11 nitrogen and oxygen atoms in total. The highest BCUT2D eigenvalue weighted by Crippen LogP contribution is 2.37. The molecule has 0 saturated carbocycles. The number of nitrogens with zero attached hydrogens (tertiary/aromatic N) is 2. The van der Waals surface area contributed by atoms with Crippen LogP contribution in [-0.4, -0.2) is 125 Å². The van der Waals surface area contributed by atoms with Gasteiger partial charge in [-0.05, 0) is 58.7 Å². The van der Waals surface area contributed by atoms with Crippen LogP contribution in [0.1, 0.15) is 73.6 Å². The predicted octanol–water partition coefficient (Wildman–Crippen LogP) is 3.61. The lowest BCUT2D eigenvalue weighted by molar-refractivity contribution is -0.151. The van der Waals surface area contributed by atoms with Gasteiger partial charge >= 0.3 is 12.1 Å². The van der Waals surface area contributed by atoms with Crippen molar-refractivity contribution < 1.29 is 43.9 Å². The zero-order valence-corrected chi connectivity index (χ0v) is 29.1. The minimum atomic E-state index is -1.14. The first-order chi connectivity index (χ1) is 21.6. The van der Waals surface area contributed by atoms with Gasteiger partial charge in [0, 0.05) is 51.5 Å². The molecule has 0 aromatic rings. The summed E-state index contributed by atoms with van der Waals surface area (Å²) in [5, 5.41) is 31.9. The Morgan fingerprint density at radius 1 is 1.26 bits per heavy atom. The van der Waals surface area contributed by atoms with Crippen LogP contribution in [0.5, 0.6) is 0 Å². The van der Waals surface area contributed by atoms with Crippen molar-refractivity contribution in [3.05, 3.63) is 36.0 Å². The monoisotopic (exact) mass is 650 g/mol. The number of hydrogen-bond acceptors (Lipinski definition) is 10. The van der Waals surface area contributed by atoms with Crippen LogP contribution in [0.4, 0.5) is 4.79 Å². The van der Waals surface area contributed by atoms with E-state index in [1.165, 1.54) is 0 Å². The molecule has 0 bridgehead atoms. The molecular weight excluding hydrogens is 592 g/mol. The Kier molecular flexibility index (Phi) is 13.9. The first-order valence-corrected chi connectivity index (χ1v) is 16.8. The largest absolute Gasteiger partial charge is 0.457 e. The van der Waals surface area contributed by atoms with Crippen molar-refractivity contribution in [3.63, 3.8) is 0 Å². The summed E-state index contributed by atoms with van der Waals surface area (Å²) in [5.74, 6) is -0.833. The Labute approximate surface area is 275 Å². The normalized spacial score (nSPS) is 35.3. The highest BCUT2D eigenvalue weighted by molar-refractivity contribution is 5.70. The second-order valence-electron chi connectivity index (χ2n) is 14.0. The minimum Gasteiger partial charge on any atom is -0.457 e. The number of methoxy groups -OCH3 is 1. The van der Waals surface area contributed by atoms with E-state index < -0.39 is 47.7 Å². The third-order valence-electron chi connectivity index (χ3n) is 9.80. The molecule has 2 fully saturated rings. The van der Waals surface area contributed by atoms with Gasteiger partial charge in [0.15, 0.2) is 6.10 Å². The van der Waals surface area contributed by atoms with E-state index in [0.29, 0.717) is 32.4 Å². The van der Waals surface area contributed by atoms with Crippen LogP contribution >= 0.6 is 0 Å². The number of hydrogen-bond donors (Lipinski definition) is 3. The lowest BCUT2D eigenvalue weighted by Crippen LogP contribution is -2.50. The van der Waals surface area contributed by atoms with E-state index in [0.717, 1.165) is 18.7 Å². The first kappa shape index (κ1) is 38.2. The van der Waals surface area contributed by atoms with Gasteiger partial charge < -0.3 is 44.1 Å². The van der Waals surface area contributed by atoms with Gasteiger partial charge in [-0.3, -0.25) is 4.79 Å². The zero-order valence-electron chi connectivity index (χ0n) is 29.1. The van der Waals surface area contributed by atoms with Crippen molar-refractivity contribution in [2.75, 3.05) is 40.3 Å². The minimum absolute atomic E-state index is 0.00239. The number of amides is 1. The van der Waals surface area contributed by atoms with Crippen molar-refractivity contribution >= 4 is 12.1 Å². The Morgan fingerprint density at radius 3 is 2.57 bits per heavy atom. The fraction of sp³-hybridized carbons (Fsp3) is 0.771. The molecule has 3 aliphatic rings. The van der Waals surface area contributed by atoms with E-state index in [-0.39, 0.29) is 36.9 Å². The Balaban J connectivity index is 1.77. The van der Waals surface area contributed by atoms with Gasteiger partial charge in [-0.2, -0.15) is 0 Å². The highest BCUT2D eigenvalue weighted by atomic mass is 16.6. The van der Waals surface area contributed by atoms with Crippen molar-refractivity contribution in [1.29, 1.82) is 0 Å². The maximum absolute atomic E-state index is 13.2. The summed E-state index contributed by atoms with van der Waals surface area (Å²) in [4.78, 5) is 29.9. The Bertz CT molecular complexity index is 1100. The number of carbonyl (C=O) groups excluding carboxylic acids is 2. The Morgan fingerprint density at radius 2 is 1.93 bits per heavy atom. The molecule has 3 heterocycles. The third kappa shape index (κ3) is 10.9. The standard InChI is InChI=1S/C35H58N2O9/c1-9-27(39)25(4)32-28(44-32)22-34(5,42)15-10-11-23(2)31-24(3)12-13-29(45-33(41)37-19-17-36(7)18-20-37)35(6,43-8)16-14-26(38)21-30(40)46-31/h10-13,15,24-29,31-32,38-39,42H,9,14,16-22H2,1-8H3/b13-12+,15-10+,23-11+/t24-,25+,26+,27-,28+,29-,31+,32+,34?,35+/m0/s1. The first-order valence-electron chi connectivity index (χ1n) is 16.8. The van der Waals surface area contributed by atoms with Gasteiger partial charge in [-0.15, -0.1) is 0 Å². The molecule has 3 aliphatic heterocycles. The number of ether oxygens (including phenoxy) is 4. The molecule has 0 aromatic heterocycles. The van der Waals surface area contributed by atoms with Crippen LogP contribution in [0.15, 0.2) is 36.0 Å². The number of allylic oxidation sites excluding steroid dienone is 2. The van der Waals surface area contributed by atoms with Gasteiger partial charge in [0.25, 0.3) is 0 Å². The van der Waals surface area contributed by atoms with Crippen LogP contribution in [-0.2, 0) is 23.7 Å². The zero-order chi connectivity index (χ0) is 34.2. The molecule has 46 heavy (non-hydrogen) atoms. The molecule has 0 aliphatic carbocycles. The number of epoxide rings is 1. The molecule has 2 saturated heterocycles. The summed E-state index contributed by atoms with van der Waals surface area (Å²) in [6.07, 6.45) is 6.98. The molecule has 1 amide bonds. The van der Waals surface area contributed by atoms with E-state index in [1.54, 1.807) is 43.2 Å². The summed E-state index contributed by atoms with van der Waals surface area (Å²) < 4.78 is 23.6. The molecule has 262 valence electrons. The average molecular weight is 651 g/mol. The number of piperazine rings is 1. The van der Waals surface area contributed by atoms with Gasteiger partial charge in [-0.25, -0.2) is 4.79 Å². The number of cyclic esters (lactones) is 1. The molecule has 0 aromatic carbocycles. The molecule has 0 radical (unpaired) electrons. The van der Waals surface area contributed by atoms with E-state index in [2.05, 4.69) is 4.90 Å². The van der Waals surface area contributed by atoms with E-state index in [9.17, 15) is 24.9 Å². The van der Waals surface area contributed by atoms with Gasteiger partial charge in [0.1, 0.15) is 11.7 Å². The van der Waals surface area contributed by atoms with Gasteiger partial charge in [0.05, 0.1) is 36.4 Å². The van der Waals surface area contributed by atoms with Crippen molar-refractivity contribution in [3.8, 4) is 0 Å². The number of aliphatic hydroxyl groups is 3. The van der Waals surface area contributed by atoms with Crippen LogP contribution in [0.3, 0.4) is 0 Å². The highest BCUT2D eigenvalue weighted by Gasteiger charge is 2.47. The number of likely N-dealkylation sites (N-methyl/N-ethyl adjacent to an activating group) is 1. The summed E-state index contributed by atoms with van der Waals surface area (Å²) in [6, 6.07) is 0. The number of carbonyl (C=O) groups is 2. The maximum Gasteiger partial charge on any atom is 0.410 e. The molecule has 1 unspecified atom stereocenters. The van der Waals surface area contributed by atoms with E-state index >= 15 is 0 Å². The second-order valence-corrected chi connectivity index (χ2v) is 14.0. The maximum atomic E-state index is 13.2. The molecule has 10 atom stereocenters. The summed E-state index contributed by atoms with van der Waals surface area (Å²) >= 11 is 0. The lowest BCUT2D eigenvalue weighted by atomic mass is 9.88. The average Bonchev–Trinajstić information content (AvgIpc) is 3.77. The smallest absolute Gasteiger partial charge is 0.410 e. The van der Waals surface area contributed by atoms with E-state index in [1.807, 2.05) is 47.7 Å². The molecular formula is C35H58N2O9. The quantitative estimate of drug-likeness (QED) is 0.139. The van der Waals surface area contributed by atoms with Crippen LogP contribution in [0.25, 0.3) is 0 Å². The molecule has 3 N–H and O–H groups in total. The fourth-order valence-corrected chi connectivity index (χ4v) is 6.18. The van der Waals surface area contributed by atoms with E-state index in [4.69, 9.17) is 18.9 Å². The Hall–Kier alpha value is -2.28. The summed E-state index contributed by atoms with van der Waals surface area (Å²) in [5.41, 5.74) is -1.34. The fourth-order valence-electron chi connectivity index (χ4n) is 6.18. The number of esters is 1. The molecule has 3 rings (SSSR count). The van der Waals surface area contributed by atoms with Crippen molar-refractivity contribution in [2.45, 2.75) is 121 Å². The third-order valence-corrected chi connectivity index (χ3v) is 9.80. The van der Waals surface area contributed by atoms with Gasteiger partial charge in [0.2, 0.25) is 0 Å². The van der Waals surface area contributed by atoms with Gasteiger partial charge in [-0.1, -0.05) is 45.1 Å². The second kappa shape index (κ2) is 16.7. The summed E-state index contributed by atoms with van der Waals surface area (Å²) in [6.45, 7) is 13.9. The van der Waals surface area contributed by atoms with Crippen molar-refractivity contribution in [1.82, 2.24) is 9.80 Å². The van der Waals surface area contributed by atoms with Crippen molar-refractivity contribution in [2.24, 2.45) is 11.8 Å². The number of aliphatic hydroxyl groups excluding tert-OH is 2. The SMILES string of the molecule is CC[C@H](O)[C@@H](C)[C@H]1O[C@@H]1CC(C)(O)/C=C/C=C(\C)[C@H]1OC(=O)C[C@H](O)CC[C@@](C)(OC)[C@@H](OC(=O)N2CCN(C)CC2)/C=C/[C@@H]1C. The van der Waals surface area contributed by atoms with Crippen LogP contribution in [0.2, 0.25) is 0 Å². The van der Waals surface area contributed by atoms with Crippen LogP contribution < -0.4 is 0 Å². The molecule has 11 heteroatoms. The topological polar surface area (TPSA) is 142 Å². The predicted molar refractivity (Wildman–Crippen MR) is 175 cm³/mol. The lowest BCUT2D eigenvalue weighted by Gasteiger charge is -2.38. The van der Waals surface area contributed by atoms with Crippen LogP contribution in [0, 0.1) is 11.8 Å². The summed E-state index contributed by atoms with van der Waals surface area (Å²) in [7, 11) is 3.58.